The van der Waals surface area contributed by atoms with Crippen molar-refractivity contribution >= 4 is 19.4 Å². The number of allylic oxidation sites excluding steroid dienone is 4. The Morgan fingerprint density at radius 3 is 1.52 bits per heavy atom. The first-order valence-electron chi connectivity index (χ1n) is 21.0. The number of phosphoric ester groups is 1. The van der Waals surface area contributed by atoms with Gasteiger partial charge in [-0.2, -0.15) is 0 Å². The molecule has 0 bridgehead atoms. The molecule has 0 saturated heterocycles. The lowest BCUT2D eigenvalue weighted by Gasteiger charge is -2.38. The summed E-state index contributed by atoms with van der Waals surface area (Å²) < 4.78 is 16.9. The highest BCUT2D eigenvalue weighted by Gasteiger charge is 2.50. The summed E-state index contributed by atoms with van der Waals surface area (Å²) in [6.07, 6.45) is 31.2. The Kier molecular flexibility index (Phi) is 30.4. The number of Topliss-reactive ketones (excluding diaryl/α,β-unsaturated/α-hetero) is 2. The van der Waals surface area contributed by atoms with Gasteiger partial charge in [0.15, 0.2) is 11.4 Å². The summed E-state index contributed by atoms with van der Waals surface area (Å²) in [5.41, 5.74) is -2.50. The van der Waals surface area contributed by atoms with Gasteiger partial charge in [0.05, 0.1) is 21.1 Å². The number of nitrogens with zero attached hydrogens (tertiary/aromatic N) is 1. The molecular formula is C42H81NO8P+. The predicted octanol–water partition coefficient (Wildman–Crippen LogP) is 10.1. The highest BCUT2D eigenvalue weighted by Crippen LogP contribution is 2.40. The fraction of sp³-hybridized carbons (Fsp3) is 0.857. The molecule has 0 heterocycles. The highest BCUT2D eigenvalue weighted by atomic mass is 31.2. The molecule has 0 amide bonds. The average Bonchev–Trinajstić information content (AvgIpc) is 3.06. The number of phosphoric acid groups is 1. The van der Waals surface area contributed by atoms with Crippen molar-refractivity contribution in [1.82, 2.24) is 0 Å². The molecule has 3 unspecified atom stereocenters. The van der Waals surface area contributed by atoms with Gasteiger partial charge >= 0.3 is 7.82 Å². The van der Waals surface area contributed by atoms with Crippen molar-refractivity contribution in [2.75, 3.05) is 27.7 Å². The second-order valence-corrected chi connectivity index (χ2v) is 17.3. The Morgan fingerprint density at radius 1 is 0.654 bits per heavy atom. The number of aliphatic hydroxyl groups is 2. The Labute approximate surface area is 318 Å². The molecule has 10 heteroatoms. The standard InChI is InChI=1S/C42H80NO8P/c1-6-8-10-12-14-16-18-20-21-23-24-26-28-30-32-34-38(44)36-42(47,41(46)39(37-43(3,4)5)51-52(48,49)50)40(45)35-33-31-29-27-25-22-19-17-15-13-11-9-7-2/h14,16,20-21,39,41,46-47H,6-13,15,17-19,22-37H2,1-5H3,(H-,48,49,50)/p+1/b16-14-,21-20-. The SMILES string of the molecule is CCCCC/C=C\C/C=C\CCCCCCCC(=O)CC(O)(C(=O)CCCCCCCCCCCCCCC)C(O)C(C[N+](C)(C)C)OP(=O)(O)O. The first kappa shape index (κ1) is 50.8. The number of rotatable bonds is 37. The van der Waals surface area contributed by atoms with Gasteiger partial charge in [-0.15, -0.1) is 0 Å². The lowest BCUT2D eigenvalue weighted by Crippen LogP contribution is -2.59. The third kappa shape index (κ3) is 29.2. The molecule has 0 aromatic rings. The molecular weight excluding hydrogens is 677 g/mol. The minimum absolute atomic E-state index is 0.0324. The van der Waals surface area contributed by atoms with Gasteiger partial charge in [-0.05, 0) is 44.9 Å². The number of ketones is 2. The van der Waals surface area contributed by atoms with Crippen molar-refractivity contribution in [1.29, 1.82) is 0 Å². The first-order valence-corrected chi connectivity index (χ1v) is 22.5. The Bertz CT molecular complexity index is 1000. The van der Waals surface area contributed by atoms with E-state index in [9.17, 15) is 34.2 Å². The quantitative estimate of drug-likeness (QED) is 0.0212. The normalized spacial score (nSPS) is 15.0. The molecule has 0 aliphatic rings. The van der Waals surface area contributed by atoms with E-state index in [-0.39, 0.29) is 29.7 Å². The van der Waals surface area contributed by atoms with Gasteiger partial charge in [-0.25, -0.2) is 4.57 Å². The van der Waals surface area contributed by atoms with Crippen LogP contribution in [0.25, 0.3) is 0 Å². The van der Waals surface area contributed by atoms with Gasteiger partial charge in [0.25, 0.3) is 0 Å². The summed E-state index contributed by atoms with van der Waals surface area (Å²) in [6, 6.07) is 0. The van der Waals surface area contributed by atoms with E-state index in [2.05, 4.69) is 38.2 Å². The monoisotopic (exact) mass is 759 g/mol. The average molecular weight is 759 g/mol. The van der Waals surface area contributed by atoms with Crippen LogP contribution >= 0.6 is 7.82 Å². The molecule has 52 heavy (non-hydrogen) atoms. The smallest absolute Gasteiger partial charge is 0.387 e. The maximum Gasteiger partial charge on any atom is 0.470 e. The maximum atomic E-state index is 13.6. The number of hydrogen-bond donors (Lipinski definition) is 4. The number of carbonyl (C=O) groups is 2. The van der Waals surface area contributed by atoms with E-state index in [0.29, 0.717) is 12.8 Å². The molecule has 0 fully saturated rings. The lowest BCUT2D eigenvalue weighted by molar-refractivity contribution is -0.873. The van der Waals surface area contributed by atoms with Gasteiger partial charge in [0.2, 0.25) is 0 Å². The van der Waals surface area contributed by atoms with Crippen LogP contribution in [0, 0.1) is 0 Å². The summed E-state index contributed by atoms with van der Waals surface area (Å²) in [5, 5.41) is 23.1. The lowest BCUT2D eigenvalue weighted by atomic mass is 9.81. The molecule has 0 saturated carbocycles. The van der Waals surface area contributed by atoms with Crippen molar-refractivity contribution in [2.45, 2.75) is 205 Å². The number of unbranched alkanes of at least 4 members (excludes halogenated alkanes) is 20. The van der Waals surface area contributed by atoms with Crippen LogP contribution in [0.15, 0.2) is 24.3 Å². The van der Waals surface area contributed by atoms with Crippen LogP contribution < -0.4 is 0 Å². The summed E-state index contributed by atoms with van der Waals surface area (Å²) in [4.78, 5) is 45.9. The van der Waals surface area contributed by atoms with E-state index < -0.39 is 37.8 Å². The van der Waals surface area contributed by atoms with Crippen LogP contribution in [0.2, 0.25) is 0 Å². The van der Waals surface area contributed by atoms with Crippen molar-refractivity contribution < 1.29 is 43.2 Å². The Balaban J connectivity index is 4.95. The minimum Gasteiger partial charge on any atom is -0.387 e. The summed E-state index contributed by atoms with van der Waals surface area (Å²) in [6.45, 7) is 4.35. The fourth-order valence-electron chi connectivity index (χ4n) is 6.63. The topological polar surface area (TPSA) is 141 Å². The minimum atomic E-state index is -5.08. The van der Waals surface area contributed by atoms with Gasteiger partial charge in [-0.1, -0.05) is 147 Å². The molecule has 9 nitrogen and oxygen atoms in total. The molecule has 0 aliphatic heterocycles. The van der Waals surface area contributed by atoms with E-state index in [1.165, 1.54) is 70.6 Å². The fourth-order valence-corrected chi connectivity index (χ4v) is 7.16. The Morgan fingerprint density at radius 2 is 1.06 bits per heavy atom. The van der Waals surface area contributed by atoms with Crippen molar-refractivity contribution in [3.63, 3.8) is 0 Å². The third-order valence-corrected chi connectivity index (χ3v) is 10.3. The summed E-state index contributed by atoms with van der Waals surface area (Å²) in [7, 11) is 0.150. The zero-order valence-electron chi connectivity index (χ0n) is 34.1. The molecule has 306 valence electrons. The van der Waals surface area contributed by atoms with E-state index in [0.717, 1.165) is 70.6 Å². The van der Waals surface area contributed by atoms with E-state index >= 15 is 0 Å². The van der Waals surface area contributed by atoms with Gasteiger partial charge < -0.3 is 24.5 Å². The van der Waals surface area contributed by atoms with Gasteiger partial charge in [-0.3, -0.25) is 14.1 Å². The largest absolute Gasteiger partial charge is 0.470 e. The second-order valence-electron chi connectivity index (χ2n) is 16.1. The summed E-state index contributed by atoms with van der Waals surface area (Å²) in [5.74, 6) is -1.04. The number of aliphatic hydroxyl groups excluding tert-OH is 1. The predicted molar refractivity (Wildman–Crippen MR) is 215 cm³/mol. The van der Waals surface area contributed by atoms with Crippen molar-refractivity contribution in [3.05, 3.63) is 24.3 Å². The molecule has 0 rings (SSSR count). The molecule has 3 atom stereocenters. The summed E-state index contributed by atoms with van der Waals surface area (Å²) >= 11 is 0. The molecule has 0 aliphatic carbocycles. The molecule has 0 radical (unpaired) electrons. The van der Waals surface area contributed by atoms with Gasteiger partial charge in [0.1, 0.15) is 24.5 Å². The molecule has 0 spiro atoms. The third-order valence-electron chi connectivity index (χ3n) is 9.71. The maximum absolute atomic E-state index is 13.6. The number of hydrogen-bond acceptors (Lipinski definition) is 6. The van der Waals surface area contributed by atoms with Crippen LogP contribution in [-0.2, 0) is 18.7 Å². The van der Waals surface area contributed by atoms with Crippen LogP contribution in [0.3, 0.4) is 0 Å². The number of quaternary nitrogens is 1. The number of carbonyl (C=O) groups excluding carboxylic acids is 2. The first-order chi connectivity index (χ1) is 24.7. The highest BCUT2D eigenvalue weighted by molar-refractivity contribution is 7.46. The van der Waals surface area contributed by atoms with Gasteiger partial charge in [0, 0.05) is 19.3 Å². The molecule has 0 aromatic heterocycles. The van der Waals surface area contributed by atoms with Crippen LogP contribution in [-0.4, -0.2) is 81.5 Å². The van der Waals surface area contributed by atoms with Crippen LogP contribution in [0.5, 0.6) is 0 Å². The molecule has 4 N–H and O–H groups in total. The van der Waals surface area contributed by atoms with E-state index in [1.807, 2.05) is 0 Å². The van der Waals surface area contributed by atoms with Crippen molar-refractivity contribution in [3.8, 4) is 0 Å². The van der Waals surface area contributed by atoms with Crippen molar-refractivity contribution in [2.24, 2.45) is 0 Å². The number of likely N-dealkylation sites (N-methyl/N-ethyl adjacent to an activating group) is 1. The van der Waals surface area contributed by atoms with Crippen LogP contribution in [0.4, 0.5) is 0 Å². The second kappa shape index (κ2) is 31.1. The zero-order valence-corrected chi connectivity index (χ0v) is 35.0. The van der Waals surface area contributed by atoms with E-state index in [4.69, 9.17) is 4.52 Å². The zero-order chi connectivity index (χ0) is 39.1. The van der Waals surface area contributed by atoms with Crippen LogP contribution in [0.1, 0.15) is 187 Å². The Hall–Kier alpha value is -1.19. The molecule has 0 aromatic carbocycles. The van der Waals surface area contributed by atoms with E-state index in [1.54, 1.807) is 21.1 Å².